The Morgan fingerprint density at radius 2 is 2.22 bits per heavy atom. The number of nitrogens with zero attached hydrogens (tertiary/aromatic N) is 8. The van der Waals surface area contributed by atoms with Crippen LogP contribution >= 0.6 is 23.3 Å². The number of nitrogens with two attached hydrogens (primary N) is 1. The van der Waals surface area contributed by atoms with Crippen molar-refractivity contribution in [2.24, 2.45) is 5.16 Å². The number of aliphatic hydroxyl groups is 1. The van der Waals surface area contributed by atoms with Crippen LogP contribution in [0.5, 0.6) is 0 Å². The Morgan fingerprint density at radius 3 is 2.86 bits per heavy atom. The van der Waals surface area contributed by atoms with E-state index in [0.717, 1.165) is 28.2 Å². The number of carbonyl (C=O) groups excluding carboxylic acids is 2. The fraction of sp³-hybridized carbons (Fsp3) is 0.500. The normalized spacial score (nSPS) is 19.4. The largest absolute Gasteiger partial charge is 0.492 e. The van der Waals surface area contributed by atoms with Gasteiger partial charge in [0.05, 0.1) is 18.9 Å². The number of nitrogen functional groups attached to an aromatic ring is 1. The lowest BCUT2D eigenvalue weighted by Crippen LogP contribution is -2.73. The average Bonchev–Trinajstić information content (AvgIpc) is 3.49. The molecule has 2 aliphatic heterocycles. The molecule has 0 aliphatic carbocycles. The van der Waals surface area contributed by atoms with Gasteiger partial charge in [-0.05, 0) is 24.3 Å². The number of tetrazole rings is 1. The minimum atomic E-state index is -1.37. The lowest BCUT2D eigenvalue weighted by Gasteiger charge is -2.49. The molecule has 17 nitrogen and oxygen atoms in total. The van der Waals surface area contributed by atoms with Gasteiger partial charge < -0.3 is 30.8 Å². The first kappa shape index (κ1) is 26.2. The first-order chi connectivity index (χ1) is 17.7. The van der Waals surface area contributed by atoms with Crippen LogP contribution in [0.1, 0.15) is 19.7 Å². The zero-order valence-corrected chi connectivity index (χ0v) is 21.1. The first-order valence-electron chi connectivity index (χ1n) is 10.8. The number of hydrogen-bond donors (Lipinski definition) is 4. The molecule has 0 spiro atoms. The Bertz CT molecular complexity index is 1260. The highest BCUT2D eigenvalue weighted by atomic mass is 32.2. The number of hydrogen-bond acceptors (Lipinski definition) is 15. The van der Waals surface area contributed by atoms with Crippen molar-refractivity contribution in [3.63, 3.8) is 0 Å². The summed E-state index contributed by atoms with van der Waals surface area (Å²) in [6, 6.07) is -1.84. The van der Waals surface area contributed by atoms with Crippen LogP contribution in [-0.2, 0) is 30.5 Å². The van der Waals surface area contributed by atoms with Crippen molar-refractivity contribution in [2.75, 3.05) is 24.7 Å². The quantitative estimate of drug-likeness (QED) is 0.102. The summed E-state index contributed by atoms with van der Waals surface area (Å²) in [5.74, 6) is -2.82. The molecular weight excluding hydrogens is 532 g/mol. The predicted octanol–water partition coefficient (Wildman–Crippen LogP) is -1.96. The van der Waals surface area contributed by atoms with E-state index in [-0.39, 0.29) is 59.7 Å². The molecule has 0 aromatic carbocycles. The Labute approximate surface area is 216 Å². The van der Waals surface area contributed by atoms with Crippen LogP contribution in [-0.4, -0.2) is 105 Å². The third-order valence-electron chi connectivity index (χ3n) is 5.01. The number of aliphatic carboxylic acids is 1. The van der Waals surface area contributed by atoms with Crippen LogP contribution in [0.25, 0.3) is 0 Å². The summed E-state index contributed by atoms with van der Waals surface area (Å²) in [4.78, 5) is 48.2. The van der Waals surface area contributed by atoms with Gasteiger partial charge >= 0.3 is 5.97 Å². The van der Waals surface area contributed by atoms with E-state index in [0.29, 0.717) is 5.16 Å². The smallest absolute Gasteiger partial charge is 0.356 e. The standard InChI is InChI=1S/C18H22N10O7S2/c1-7(2)35-23-11(13-21-17(19)37-24-13)14(30)20-10-8-5-34-9(12(16(32)33)28(8)15(10)31)6-36-18-22-25-26-27(18)3-4-29/h7-8,10,29H,3-6H2,1-2H3,(H,20,30)(H,32,33)(H2,19,21,24)/b23-11-/t8-,10+/m1/s1. The lowest BCUT2D eigenvalue weighted by atomic mass is 9.92. The van der Waals surface area contributed by atoms with Gasteiger partial charge in [0.1, 0.15) is 30.6 Å². The van der Waals surface area contributed by atoms with Crippen molar-refractivity contribution in [1.82, 2.24) is 39.8 Å². The fourth-order valence-corrected chi connectivity index (χ4v) is 4.70. The third-order valence-corrected chi connectivity index (χ3v) is 6.51. The maximum Gasteiger partial charge on any atom is 0.356 e. The van der Waals surface area contributed by atoms with Crippen molar-refractivity contribution in [3.05, 3.63) is 17.3 Å². The second-order valence-corrected chi connectivity index (χ2v) is 9.59. The highest BCUT2D eigenvalue weighted by Gasteiger charge is 2.55. The Hall–Kier alpha value is -3.84. The second kappa shape index (κ2) is 11.0. The summed E-state index contributed by atoms with van der Waals surface area (Å²) >= 11 is 1.94. The number of β-lactam (4-membered cyclic amide) rings is 1. The first-order valence-corrected chi connectivity index (χ1v) is 12.5. The number of carbonyl (C=O) groups is 3. The van der Waals surface area contributed by atoms with Gasteiger partial charge in [-0.25, -0.2) is 9.48 Å². The molecule has 0 bridgehead atoms. The van der Waals surface area contributed by atoms with Crippen LogP contribution in [0, 0.1) is 0 Å². The molecule has 198 valence electrons. The van der Waals surface area contributed by atoms with Crippen molar-refractivity contribution in [1.29, 1.82) is 0 Å². The third kappa shape index (κ3) is 5.47. The van der Waals surface area contributed by atoms with Gasteiger partial charge in [0.15, 0.2) is 10.8 Å². The Morgan fingerprint density at radius 1 is 1.43 bits per heavy atom. The van der Waals surface area contributed by atoms with Gasteiger partial charge in [-0.1, -0.05) is 16.9 Å². The SMILES string of the molecule is CC(C)O/N=C(\C(=O)N[C@@H]1C(=O)N2C(C(=O)O)=C(CSc3nnnn3CCO)OC[C@H]12)c1nsc(N)n1. The van der Waals surface area contributed by atoms with Gasteiger partial charge in [-0.3, -0.25) is 14.5 Å². The van der Waals surface area contributed by atoms with E-state index in [9.17, 15) is 19.5 Å². The topological polar surface area (TPSA) is 233 Å². The molecule has 2 aliphatic rings. The zero-order valence-electron chi connectivity index (χ0n) is 19.5. The number of amides is 2. The molecule has 2 amide bonds. The summed E-state index contributed by atoms with van der Waals surface area (Å²) in [6.07, 6.45) is -0.348. The monoisotopic (exact) mass is 554 g/mol. The second-order valence-electron chi connectivity index (χ2n) is 7.86. The number of anilines is 1. The molecule has 19 heteroatoms. The molecule has 4 heterocycles. The van der Waals surface area contributed by atoms with E-state index in [4.69, 9.17) is 20.4 Å². The van der Waals surface area contributed by atoms with Crippen molar-refractivity contribution in [3.8, 4) is 0 Å². The van der Waals surface area contributed by atoms with Crippen molar-refractivity contribution >= 4 is 51.9 Å². The summed E-state index contributed by atoms with van der Waals surface area (Å²) in [6.45, 7) is 3.32. The summed E-state index contributed by atoms with van der Waals surface area (Å²) in [5.41, 5.74) is 4.99. The lowest BCUT2D eigenvalue weighted by molar-refractivity contribution is -0.160. The maximum atomic E-state index is 13.0. The molecule has 4 rings (SSSR count). The number of rotatable bonds is 11. The van der Waals surface area contributed by atoms with Crippen molar-refractivity contribution in [2.45, 2.75) is 43.7 Å². The highest BCUT2D eigenvalue weighted by Crippen LogP contribution is 2.34. The number of fused-ring (bicyclic) bond motifs is 1. The molecule has 0 radical (unpaired) electrons. The number of thioether (sulfide) groups is 1. The van der Waals surface area contributed by atoms with E-state index in [2.05, 4.69) is 35.4 Å². The highest BCUT2D eigenvalue weighted by molar-refractivity contribution is 7.99. The molecule has 0 saturated carbocycles. The van der Waals surface area contributed by atoms with Gasteiger partial charge in [0.2, 0.25) is 16.7 Å². The summed E-state index contributed by atoms with van der Waals surface area (Å²) in [5, 5.41) is 36.8. The number of nitrogens with one attached hydrogen (secondary N) is 1. The molecule has 37 heavy (non-hydrogen) atoms. The Balaban J connectivity index is 1.49. The van der Waals surface area contributed by atoms with E-state index in [1.165, 1.54) is 4.68 Å². The fourth-order valence-electron chi connectivity index (χ4n) is 3.42. The van der Waals surface area contributed by atoms with E-state index in [1.54, 1.807) is 13.8 Å². The number of carboxylic acids is 1. The van der Waals surface area contributed by atoms with Crippen molar-refractivity contribution < 1.29 is 34.2 Å². The van der Waals surface area contributed by atoms with E-state index >= 15 is 0 Å². The molecule has 2 aromatic heterocycles. The predicted molar refractivity (Wildman–Crippen MR) is 126 cm³/mol. The van der Waals surface area contributed by atoms with Crippen LogP contribution in [0.3, 0.4) is 0 Å². The molecular formula is C18H22N10O7S2. The van der Waals surface area contributed by atoms with Gasteiger partial charge in [-0.2, -0.15) is 9.36 Å². The maximum absolute atomic E-state index is 13.0. The van der Waals surface area contributed by atoms with Crippen LogP contribution in [0.15, 0.2) is 21.8 Å². The number of aromatic nitrogens is 6. The minimum absolute atomic E-state index is 0.0151. The number of carboxylic acid groups (broad SMARTS) is 1. The van der Waals surface area contributed by atoms with Gasteiger partial charge in [-0.15, -0.1) is 5.10 Å². The average molecular weight is 555 g/mol. The van der Waals surface area contributed by atoms with Crippen LogP contribution in [0.2, 0.25) is 0 Å². The van der Waals surface area contributed by atoms with E-state index < -0.39 is 29.9 Å². The number of ether oxygens (including phenoxy) is 1. The molecule has 2 atom stereocenters. The molecule has 1 fully saturated rings. The van der Waals surface area contributed by atoms with Crippen LogP contribution in [0.4, 0.5) is 5.13 Å². The van der Waals surface area contributed by atoms with Crippen LogP contribution < -0.4 is 11.1 Å². The summed E-state index contributed by atoms with van der Waals surface area (Å²) in [7, 11) is 0. The Kier molecular flexibility index (Phi) is 7.83. The van der Waals surface area contributed by atoms with E-state index in [1.807, 2.05) is 0 Å². The zero-order chi connectivity index (χ0) is 26.7. The molecule has 5 N–H and O–H groups in total. The minimum Gasteiger partial charge on any atom is -0.492 e. The summed E-state index contributed by atoms with van der Waals surface area (Å²) < 4.78 is 11.0. The van der Waals surface area contributed by atoms with Gasteiger partial charge in [0, 0.05) is 11.5 Å². The molecule has 0 unspecified atom stereocenters. The molecule has 1 saturated heterocycles. The number of aliphatic hydroxyl groups excluding tert-OH is 1. The number of oxime groups is 1. The molecule has 2 aromatic rings. The van der Waals surface area contributed by atoms with Gasteiger partial charge in [0.25, 0.3) is 11.8 Å².